The number of ether oxygens (including phenoxy) is 2. The van der Waals surface area contributed by atoms with E-state index < -0.39 is 5.97 Å². The molecule has 0 aliphatic carbocycles. The fourth-order valence-corrected chi connectivity index (χ4v) is 4.06. The van der Waals surface area contributed by atoms with E-state index >= 15 is 0 Å². The van der Waals surface area contributed by atoms with E-state index in [1.165, 1.54) is 7.11 Å². The van der Waals surface area contributed by atoms with E-state index in [1.54, 1.807) is 25.0 Å². The minimum Gasteiger partial charge on any atom is -0.497 e. The lowest BCUT2D eigenvalue weighted by molar-refractivity contribution is -0.136. The Labute approximate surface area is 187 Å². The quantitative estimate of drug-likeness (QED) is 0.420. The summed E-state index contributed by atoms with van der Waals surface area (Å²) < 4.78 is 10.2. The van der Waals surface area contributed by atoms with Crippen LogP contribution in [-0.2, 0) is 20.7 Å². The standard InChI is InChI=1S/C27H25NO4/c1-18-25(27(30)32-3)24(17-21-9-6-8-20-7-4-5-10-23(20)21)26(29)28(18)16-15-19-11-13-22(31-2)14-12-19/h4-14,17H,15-16H2,1-3H3/b24-17-. The Morgan fingerprint density at radius 3 is 2.41 bits per heavy atom. The number of fused-ring (bicyclic) bond motifs is 1. The normalized spacial score (nSPS) is 15.0. The number of carbonyl (C=O) groups excluding carboxylic acids is 2. The summed E-state index contributed by atoms with van der Waals surface area (Å²) in [5.74, 6) is 0.0917. The molecule has 0 bridgehead atoms. The third-order valence-corrected chi connectivity index (χ3v) is 5.81. The topological polar surface area (TPSA) is 55.8 Å². The van der Waals surface area contributed by atoms with E-state index in [4.69, 9.17) is 9.47 Å². The fraction of sp³-hybridized carbons (Fsp3) is 0.185. The van der Waals surface area contributed by atoms with Gasteiger partial charge in [0.15, 0.2) is 0 Å². The molecule has 1 aliphatic rings. The van der Waals surface area contributed by atoms with Crippen molar-refractivity contribution in [1.29, 1.82) is 0 Å². The van der Waals surface area contributed by atoms with Crippen molar-refractivity contribution in [1.82, 2.24) is 4.90 Å². The summed E-state index contributed by atoms with van der Waals surface area (Å²) in [7, 11) is 2.97. The average Bonchev–Trinajstić information content (AvgIpc) is 3.06. The van der Waals surface area contributed by atoms with E-state index in [0.717, 1.165) is 27.6 Å². The molecule has 0 aromatic heterocycles. The van der Waals surface area contributed by atoms with Crippen LogP contribution in [0.1, 0.15) is 18.1 Å². The highest BCUT2D eigenvalue weighted by Crippen LogP contribution is 2.33. The zero-order valence-corrected chi connectivity index (χ0v) is 18.4. The molecule has 0 fully saturated rings. The molecule has 3 aromatic rings. The van der Waals surface area contributed by atoms with Crippen LogP contribution < -0.4 is 4.74 Å². The van der Waals surface area contributed by atoms with Crippen LogP contribution in [0, 0.1) is 0 Å². The number of nitrogens with zero attached hydrogens (tertiary/aromatic N) is 1. The first-order chi connectivity index (χ1) is 15.5. The number of carbonyl (C=O) groups is 2. The molecule has 3 aromatic carbocycles. The molecule has 0 saturated carbocycles. The molecular weight excluding hydrogens is 402 g/mol. The van der Waals surface area contributed by atoms with Crippen molar-refractivity contribution in [3.05, 3.63) is 94.7 Å². The number of amides is 1. The van der Waals surface area contributed by atoms with Crippen LogP contribution in [-0.4, -0.2) is 37.5 Å². The van der Waals surface area contributed by atoms with E-state index in [0.29, 0.717) is 29.8 Å². The van der Waals surface area contributed by atoms with Crippen molar-refractivity contribution < 1.29 is 19.1 Å². The Kier molecular flexibility index (Phi) is 6.08. The number of methoxy groups -OCH3 is 2. The van der Waals surface area contributed by atoms with Gasteiger partial charge in [-0.15, -0.1) is 0 Å². The lowest BCUT2D eigenvalue weighted by Crippen LogP contribution is -2.27. The molecule has 1 amide bonds. The van der Waals surface area contributed by atoms with Gasteiger partial charge >= 0.3 is 5.97 Å². The van der Waals surface area contributed by atoms with Crippen LogP contribution in [0.5, 0.6) is 5.75 Å². The zero-order valence-electron chi connectivity index (χ0n) is 18.4. The molecule has 0 saturated heterocycles. The highest BCUT2D eigenvalue weighted by molar-refractivity contribution is 6.17. The predicted molar refractivity (Wildman–Crippen MR) is 125 cm³/mol. The smallest absolute Gasteiger partial charge is 0.340 e. The van der Waals surface area contributed by atoms with Gasteiger partial charge in [0.1, 0.15) is 5.75 Å². The molecule has 1 aliphatic heterocycles. The third-order valence-electron chi connectivity index (χ3n) is 5.81. The molecule has 5 heteroatoms. The Balaban J connectivity index is 1.68. The second-order valence-corrected chi connectivity index (χ2v) is 7.63. The largest absolute Gasteiger partial charge is 0.497 e. The molecule has 0 N–H and O–H groups in total. The van der Waals surface area contributed by atoms with Crippen LogP contribution in [0.2, 0.25) is 0 Å². The molecule has 0 radical (unpaired) electrons. The number of hydrogen-bond donors (Lipinski definition) is 0. The molecule has 0 spiro atoms. The lowest BCUT2D eigenvalue weighted by atomic mass is 9.99. The Morgan fingerprint density at radius 2 is 1.69 bits per heavy atom. The number of rotatable bonds is 6. The zero-order chi connectivity index (χ0) is 22.7. The van der Waals surface area contributed by atoms with Gasteiger partial charge in [-0.1, -0.05) is 54.6 Å². The van der Waals surface area contributed by atoms with Crippen molar-refractivity contribution in [3.8, 4) is 5.75 Å². The maximum atomic E-state index is 13.4. The highest BCUT2D eigenvalue weighted by Gasteiger charge is 2.36. The summed E-state index contributed by atoms with van der Waals surface area (Å²) in [5, 5.41) is 2.10. The first-order valence-corrected chi connectivity index (χ1v) is 10.5. The van der Waals surface area contributed by atoms with Crippen molar-refractivity contribution in [2.24, 2.45) is 0 Å². The van der Waals surface area contributed by atoms with Gasteiger partial charge in [0.2, 0.25) is 0 Å². The second-order valence-electron chi connectivity index (χ2n) is 7.63. The van der Waals surface area contributed by atoms with Gasteiger partial charge in [-0.25, -0.2) is 4.79 Å². The molecule has 162 valence electrons. The summed E-state index contributed by atoms with van der Waals surface area (Å²) in [6.45, 7) is 2.26. The molecule has 0 atom stereocenters. The van der Waals surface area contributed by atoms with Crippen LogP contribution in [0.25, 0.3) is 16.8 Å². The minimum absolute atomic E-state index is 0.190. The highest BCUT2D eigenvalue weighted by atomic mass is 16.5. The Morgan fingerprint density at radius 1 is 0.969 bits per heavy atom. The maximum Gasteiger partial charge on any atom is 0.340 e. The van der Waals surface area contributed by atoms with Gasteiger partial charge in [-0.05, 0) is 53.5 Å². The first kappa shape index (κ1) is 21.4. The fourth-order valence-electron chi connectivity index (χ4n) is 4.06. The summed E-state index contributed by atoms with van der Waals surface area (Å²) in [5.41, 5.74) is 3.26. The molecule has 32 heavy (non-hydrogen) atoms. The number of esters is 1. The summed E-state index contributed by atoms with van der Waals surface area (Å²) in [6.07, 6.45) is 2.46. The SMILES string of the molecule is COC(=O)C1=C(C)N(CCc2ccc(OC)cc2)C(=O)/C1=C\c1cccc2ccccc12. The van der Waals surface area contributed by atoms with Crippen LogP contribution >= 0.6 is 0 Å². The van der Waals surface area contributed by atoms with E-state index in [1.807, 2.05) is 66.7 Å². The van der Waals surface area contributed by atoms with Gasteiger partial charge in [0, 0.05) is 12.2 Å². The Bertz CT molecular complexity index is 1230. The van der Waals surface area contributed by atoms with Crippen molar-refractivity contribution in [3.63, 3.8) is 0 Å². The second kappa shape index (κ2) is 9.10. The third kappa shape index (κ3) is 4.02. The average molecular weight is 428 g/mol. The maximum absolute atomic E-state index is 13.4. The molecule has 0 unspecified atom stereocenters. The lowest BCUT2D eigenvalue weighted by Gasteiger charge is -2.18. The van der Waals surface area contributed by atoms with E-state index in [9.17, 15) is 9.59 Å². The Hall–Kier alpha value is -3.86. The number of allylic oxidation sites excluding steroid dienone is 1. The van der Waals surface area contributed by atoms with Crippen molar-refractivity contribution in [2.75, 3.05) is 20.8 Å². The van der Waals surface area contributed by atoms with Gasteiger partial charge < -0.3 is 14.4 Å². The van der Waals surface area contributed by atoms with Gasteiger partial charge in [0.25, 0.3) is 5.91 Å². The van der Waals surface area contributed by atoms with E-state index in [2.05, 4.69) is 0 Å². The molecule has 1 heterocycles. The minimum atomic E-state index is -0.505. The number of hydrogen-bond acceptors (Lipinski definition) is 4. The van der Waals surface area contributed by atoms with Crippen LogP contribution in [0.4, 0.5) is 0 Å². The number of benzene rings is 3. The van der Waals surface area contributed by atoms with Crippen LogP contribution in [0.15, 0.2) is 83.6 Å². The summed E-state index contributed by atoms with van der Waals surface area (Å²) in [4.78, 5) is 27.7. The summed E-state index contributed by atoms with van der Waals surface area (Å²) >= 11 is 0. The van der Waals surface area contributed by atoms with Crippen molar-refractivity contribution in [2.45, 2.75) is 13.3 Å². The van der Waals surface area contributed by atoms with Gasteiger partial charge in [-0.2, -0.15) is 0 Å². The van der Waals surface area contributed by atoms with Gasteiger partial charge in [0.05, 0.1) is 25.4 Å². The van der Waals surface area contributed by atoms with Gasteiger partial charge in [-0.3, -0.25) is 4.79 Å². The summed E-state index contributed by atoms with van der Waals surface area (Å²) in [6, 6.07) is 21.7. The molecule has 5 nitrogen and oxygen atoms in total. The first-order valence-electron chi connectivity index (χ1n) is 10.5. The molecular formula is C27H25NO4. The predicted octanol–water partition coefficient (Wildman–Crippen LogP) is 4.76. The van der Waals surface area contributed by atoms with Crippen LogP contribution in [0.3, 0.4) is 0 Å². The molecule has 4 rings (SSSR count). The van der Waals surface area contributed by atoms with E-state index in [-0.39, 0.29) is 5.91 Å². The monoisotopic (exact) mass is 427 g/mol. The van der Waals surface area contributed by atoms with Crippen molar-refractivity contribution >= 4 is 28.7 Å².